The summed E-state index contributed by atoms with van der Waals surface area (Å²) in [5, 5.41) is 7.36. The van der Waals surface area contributed by atoms with Crippen molar-refractivity contribution in [3.63, 3.8) is 0 Å². The molecule has 0 spiro atoms. The first-order valence-electron chi connectivity index (χ1n) is 6.02. The molecular weight excluding hydrogens is 290 g/mol. The van der Waals surface area contributed by atoms with Gasteiger partial charge in [-0.15, -0.1) is 0 Å². The van der Waals surface area contributed by atoms with Crippen molar-refractivity contribution in [3.8, 4) is 5.69 Å². The molecule has 0 aliphatic heterocycles. The molecule has 7 nitrogen and oxygen atoms in total. The van der Waals surface area contributed by atoms with Crippen LogP contribution in [0, 0.1) is 0 Å². The maximum absolute atomic E-state index is 12.0. The van der Waals surface area contributed by atoms with Gasteiger partial charge in [0.15, 0.2) is 10.9 Å². The number of amides is 1. The van der Waals surface area contributed by atoms with Gasteiger partial charge in [0.25, 0.3) is 5.91 Å². The van der Waals surface area contributed by atoms with Gasteiger partial charge in [-0.1, -0.05) is 11.8 Å². The van der Waals surface area contributed by atoms with Gasteiger partial charge in [-0.05, 0) is 30.5 Å². The summed E-state index contributed by atoms with van der Waals surface area (Å²) in [6.45, 7) is 0. The molecule has 0 radical (unpaired) electrons. The average Bonchev–Trinajstić information content (AvgIpc) is 3.19. The Hall–Kier alpha value is -2.61. The molecular formula is C13H11N5O2S. The van der Waals surface area contributed by atoms with Crippen molar-refractivity contribution in [1.82, 2.24) is 19.7 Å². The molecule has 0 saturated carbocycles. The summed E-state index contributed by atoms with van der Waals surface area (Å²) in [6, 6.07) is 6.85. The minimum absolute atomic E-state index is 0.251. The number of aromatic nitrogens is 4. The molecule has 0 aliphatic carbocycles. The Labute approximate surface area is 124 Å². The highest BCUT2D eigenvalue weighted by Gasteiger charge is 2.11. The molecule has 106 valence electrons. The fraction of sp³-hybridized carbons (Fsp3) is 0.0769. The van der Waals surface area contributed by atoms with Gasteiger partial charge in [0.2, 0.25) is 0 Å². The van der Waals surface area contributed by atoms with E-state index < -0.39 is 0 Å². The van der Waals surface area contributed by atoms with Crippen molar-refractivity contribution in [2.75, 3.05) is 11.6 Å². The summed E-state index contributed by atoms with van der Waals surface area (Å²) in [4.78, 5) is 20.0. The van der Waals surface area contributed by atoms with E-state index in [1.165, 1.54) is 18.1 Å². The third-order valence-electron chi connectivity index (χ3n) is 2.68. The third kappa shape index (κ3) is 2.95. The number of carbonyl (C=O) groups is 1. The van der Waals surface area contributed by atoms with Crippen LogP contribution in [0.15, 0.2) is 52.6 Å². The molecule has 1 N–H and O–H groups in total. The zero-order valence-corrected chi connectivity index (χ0v) is 11.9. The number of furan rings is 1. The Morgan fingerprint density at radius 3 is 2.86 bits per heavy atom. The van der Waals surface area contributed by atoms with Crippen LogP contribution in [0.4, 0.5) is 5.82 Å². The Morgan fingerprint density at radius 2 is 2.24 bits per heavy atom. The summed E-state index contributed by atoms with van der Waals surface area (Å²) >= 11 is 1.44. The topological polar surface area (TPSA) is 85.8 Å². The Kier molecular flexibility index (Phi) is 3.69. The number of hydrogen-bond acceptors (Lipinski definition) is 6. The highest BCUT2D eigenvalue weighted by Crippen LogP contribution is 2.18. The minimum Gasteiger partial charge on any atom is -0.445 e. The molecule has 21 heavy (non-hydrogen) atoms. The second-order valence-electron chi connectivity index (χ2n) is 4.02. The van der Waals surface area contributed by atoms with E-state index in [0.717, 1.165) is 5.69 Å². The van der Waals surface area contributed by atoms with Crippen LogP contribution in [0.1, 0.15) is 10.6 Å². The summed E-state index contributed by atoms with van der Waals surface area (Å²) in [5.74, 6) is 0.351. The van der Waals surface area contributed by atoms with Crippen LogP contribution in [-0.4, -0.2) is 31.9 Å². The number of hydrogen-bond donors (Lipinski definition) is 1. The summed E-state index contributed by atoms with van der Waals surface area (Å²) < 4.78 is 6.93. The number of thioether (sulfide) groups is 1. The third-order valence-corrected chi connectivity index (χ3v) is 3.30. The predicted molar refractivity (Wildman–Crippen MR) is 77.6 cm³/mol. The average molecular weight is 301 g/mol. The van der Waals surface area contributed by atoms with Gasteiger partial charge in [0, 0.05) is 0 Å². The van der Waals surface area contributed by atoms with Gasteiger partial charge in [0.1, 0.15) is 18.5 Å². The van der Waals surface area contributed by atoms with Crippen LogP contribution < -0.4 is 5.32 Å². The number of pyridine rings is 1. The van der Waals surface area contributed by atoms with Crippen molar-refractivity contribution in [2.24, 2.45) is 0 Å². The molecule has 3 aromatic rings. The van der Waals surface area contributed by atoms with E-state index in [0.29, 0.717) is 10.9 Å². The number of nitrogens with zero attached hydrogens (tertiary/aromatic N) is 4. The lowest BCUT2D eigenvalue weighted by molar-refractivity contribution is 0.0991. The van der Waals surface area contributed by atoms with E-state index in [1.54, 1.807) is 41.5 Å². The molecule has 3 rings (SSSR count). The van der Waals surface area contributed by atoms with E-state index in [2.05, 4.69) is 20.4 Å². The molecule has 3 heterocycles. The number of rotatable bonds is 4. The molecule has 0 aromatic carbocycles. The van der Waals surface area contributed by atoms with Crippen LogP contribution in [0.2, 0.25) is 0 Å². The van der Waals surface area contributed by atoms with Crippen molar-refractivity contribution in [1.29, 1.82) is 0 Å². The van der Waals surface area contributed by atoms with Crippen LogP contribution in [0.25, 0.3) is 5.69 Å². The van der Waals surface area contributed by atoms with Gasteiger partial charge in [-0.2, -0.15) is 5.10 Å². The molecule has 0 saturated heterocycles. The lowest BCUT2D eigenvalue weighted by Gasteiger charge is -2.04. The minimum atomic E-state index is -0.337. The van der Waals surface area contributed by atoms with Crippen molar-refractivity contribution in [2.45, 2.75) is 5.09 Å². The standard InChI is InChI=1S/C13H11N5O2S/c1-21-12-5-3-10(20-12)13(19)17-11-4-2-9(6-15-11)18-8-14-7-16-18/h2-8H,1H3,(H,15,17,19). The zero-order chi connectivity index (χ0) is 14.7. The predicted octanol–water partition coefficient (Wildman–Crippen LogP) is 2.23. The fourth-order valence-electron chi connectivity index (χ4n) is 1.67. The number of carbonyl (C=O) groups excluding carboxylic acids is 1. The molecule has 0 aliphatic rings. The summed E-state index contributed by atoms with van der Waals surface area (Å²) in [7, 11) is 0. The van der Waals surface area contributed by atoms with Gasteiger partial charge < -0.3 is 9.73 Å². The maximum Gasteiger partial charge on any atom is 0.292 e. The van der Waals surface area contributed by atoms with E-state index in [-0.39, 0.29) is 11.7 Å². The molecule has 0 fully saturated rings. The first-order chi connectivity index (χ1) is 10.3. The molecule has 3 aromatic heterocycles. The largest absolute Gasteiger partial charge is 0.445 e. The SMILES string of the molecule is CSc1ccc(C(=O)Nc2ccc(-n3cncn3)cn2)o1. The second-order valence-corrected chi connectivity index (χ2v) is 4.83. The Bertz CT molecular complexity index is 736. The summed E-state index contributed by atoms with van der Waals surface area (Å²) in [5.41, 5.74) is 0.758. The van der Waals surface area contributed by atoms with Gasteiger partial charge >= 0.3 is 0 Å². The normalized spacial score (nSPS) is 10.5. The number of anilines is 1. The van der Waals surface area contributed by atoms with Crippen molar-refractivity contribution >= 4 is 23.5 Å². The smallest absolute Gasteiger partial charge is 0.292 e. The Morgan fingerprint density at radius 1 is 1.33 bits per heavy atom. The highest BCUT2D eigenvalue weighted by atomic mass is 32.2. The lowest BCUT2D eigenvalue weighted by atomic mass is 10.4. The van der Waals surface area contributed by atoms with Crippen LogP contribution in [-0.2, 0) is 0 Å². The molecule has 0 bridgehead atoms. The summed E-state index contributed by atoms with van der Waals surface area (Å²) in [6.07, 6.45) is 6.49. The quantitative estimate of drug-likeness (QED) is 0.744. The van der Waals surface area contributed by atoms with Gasteiger partial charge in [0.05, 0.1) is 11.9 Å². The lowest BCUT2D eigenvalue weighted by Crippen LogP contribution is -2.12. The van der Waals surface area contributed by atoms with E-state index in [1.807, 2.05) is 6.26 Å². The highest BCUT2D eigenvalue weighted by molar-refractivity contribution is 7.98. The van der Waals surface area contributed by atoms with E-state index in [4.69, 9.17) is 4.42 Å². The molecule has 0 unspecified atom stereocenters. The number of nitrogens with one attached hydrogen (secondary N) is 1. The second kappa shape index (κ2) is 5.80. The fourth-order valence-corrected chi connectivity index (χ4v) is 2.04. The van der Waals surface area contributed by atoms with Crippen LogP contribution in [0.3, 0.4) is 0 Å². The molecule has 8 heteroatoms. The van der Waals surface area contributed by atoms with Crippen LogP contribution >= 0.6 is 11.8 Å². The van der Waals surface area contributed by atoms with Crippen LogP contribution in [0.5, 0.6) is 0 Å². The molecule has 1 amide bonds. The van der Waals surface area contributed by atoms with Crippen molar-refractivity contribution < 1.29 is 9.21 Å². The zero-order valence-electron chi connectivity index (χ0n) is 11.1. The van der Waals surface area contributed by atoms with Gasteiger partial charge in [-0.25, -0.2) is 14.6 Å². The van der Waals surface area contributed by atoms with Crippen molar-refractivity contribution in [3.05, 3.63) is 48.9 Å². The van der Waals surface area contributed by atoms with E-state index in [9.17, 15) is 4.79 Å². The Balaban J connectivity index is 1.71. The van der Waals surface area contributed by atoms with E-state index >= 15 is 0 Å². The maximum atomic E-state index is 12.0. The first-order valence-corrected chi connectivity index (χ1v) is 7.25. The van der Waals surface area contributed by atoms with Gasteiger partial charge in [-0.3, -0.25) is 4.79 Å². The molecule has 0 atom stereocenters. The first kappa shape index (κ1) is 13.4. The monoisotopic (exact) mass is 301 g/mol.